The van der Waals surface area contributed by atoms with Crippen LogP contribution in [0.3, 0.4) is 0 Å². The third kappa shape index (κ3) is 4.88. The van der Waals surface area contributed by atoms with Crippen LogP contribution in [0, 0.1) is 6.92 Å². The molecule has 2 aromatic carbocycles. The first-order chi connectivity index (χ1) is 11.9. The summed E-state index contributed by atoms with van der Waals surface area (Å²) in [5.41, 5.74) is 1.30. The van der Waals surface area contributed by atoms with E-state index in [4.69, 9.17) is 16.3 Å². The number of rotatable bonds is 5. The third-order valence-electron chi connectivity index (χ3n) is 4.56. The number of aryl methyl sites for hydroxylation is 1. The Morgan fingerprint density at radius 3 is 2.72 bits per heavy atom. The zero-order valence-corrected chi connectivity index (χ0v) is 15.2. The van der Waals surface area contributed by atoms with Crippen molar-refractivity contribution in [2.45, 2.75) is 31.9 Å². The summed E-state index contributed by atoms with van der Waals surface area (Å²) >= 11 is 6.17. The standard InChI is InChI=1S/C20H24ClNO3/c1-15-3-8-18(21)19(11-15)25-14-20(24)9-2-10-22(13-20)12-16-4-6-17(23)7-5-16/h3-8,11,23-24H,2,9-10,12-14H2,1H3/t20-/m1/s1. The third-order valence-corrected chi connectivity index (χ3v) is 4.87. The van der Waals surface area contributed by atoms with Crippen molar-refractivity contribution >= 4 is 11.6 Å². The molecule has 1 atom stereocenters. The van der Waals surface area contributed by atoms with Crippen molar-refractivity contribution in [1.29, 1.82) is 0 Å². The molecule has 2 aromatic rings. The van der Waals surface area contributed by atoms with Crippen molar-refractivity contribution in [2.24, 2.45) is 0 Å². The molecule has 0 saturated carbocycles. The Balaban J connectivity index is 1.60. The minimum atomic E-state index is -0.887. The SMILES string of the molecule is Cc1ccc(Cl)c(OC[C@@]2(O)CCCN(Cc3ccc(O)cc3)C2)c1. The number of phenolic OH excluding ortho intramolecular Hbond substituents is 1. The first-order valence-electron chi connectivity index (χ1n) is 8.55. The summed E-state index contributed by atoms with van der Waals surface area (Å²) < 4.78 is 5.83. The Labute approximate surface area is 153 Å². The molecule has 1 fully saturated rings. The summed E-state index contributed by atoms with van der Waals surface area (Å²) in [7, 11) is 0. The highest BCUT2D eigenvalue weighted by molar-refractivity contribution is 6.32. The van der Waals surface area contributed by atoms with E-state index in [-0.39, 0.29) is 12.4 Å². The predicted octanol–water partition coefficient (Wildman–Crippen LogP) is 3.76. The molecule has 134 valence electrons. The highest BCUT2D eigenvalue weighted by atomic mass is 35.5. The Morgan fingerprint density at radius 2 is 1.96 bits per heavy atom. The van der Waals surface area contributed by atoms with E-state index in [1.54, 1.807) is 12.1 Å². The first kappa shape index (κ1) is 18.1. The number of aromatic hydroxyl groups is 1. The molecule has 0 spiro atoms. The van der Waals surface area contributed by atoms with Crippen molar-refractivity contribution in [2.75, 3.05) is 19.7 Å². The van der Waals surface area contributed by atoms with E-state index in [0.717, 1.165) is 30.6 Å². The second kappa shape index (κ2) is 7.65. The Kier molecular flexibility index (Phi) is 5.52. The van der Waals surface area contributed by atoms with Gasteiger partial charge in [-0.1, -0.05) is 29.8 Å². The number of likely N-dealkylation sites (tertiary alicyclic amines) is 1. The number of hydrogen-bond donors (Lipinski definition) is 2. The molecule has 0 amide bonds. The van der Waals surface area contributed by atoms with E-state index in [1.807, 2.05) is 37.3 Å². The van der Waals surface area contributed by atoms with Gasteiger partial charge in [-0.3, -0.25) is 4.90 Å². The maximum absolute atomic E-state index is 10.9. The molecule has 0 unspecified atom stereocenters. The monoisotopic (exact) mass is 361 g/mol. The molecule has 1 heterocycles. The van der Waals surface area contributed by atoms with Crippen LogP contribution in [0.2, 0.25) is 5.02 Å². The van der Waals surface area contributed by atoms with Gasteiger partial charge in [0.1, 0.15) is 23.7 Å². The molecule has 2 N–H and O–H groups in total. The van der Waals surface area contributed by atoms with Crippen LogP contribution >= 0.6 is 11.6 Å². The van der Waals surface area contributed by atoms with E-state index in [9.17, 15) is 10.2 Å². The van der Waals surface area contributed by atoms with Gasteiger partial charge in [-0.15, -0.1) is 0 Å². The number of ether oxygens (including phenoxy) is 1. The fraction of sp³-hybridized carbons (Fsp3) is 0.400. The lowest BCUT2D eigenvalue weighted by atomic mass is 9.93. The van der Waals surface area contributed by atoms with Gasteiger partial charge in [0.25, 0.3) is 0 Å². The summed E-state index contributed by atoms with van der Waals surface area (Å²) in [6, 6.07) is 12.8. The van der Waals surface area contributed by atoms with Crippen LogP contribution in [-0.4, -0.2) is 40.4 Å². The molecule has 1 aliphatic rings. The van der Waals surface area contributed by atoms with Gasteiger partial charge in [0.15, 0.2) is 0 Å². The minimum Gasteiger partial charge on any atom is -0.508 e. The van der Waals surface area contributed by atoms with Crippen molar-refractivity contribution in [3.63, 3.8) is 0 Å². The number of β-amino-alcohol motifs (C(OH)–C–C–N with tert-alkyl or cyclic N) is 1. The van der Waals surface area contributed by atoms with Crippen LogP contribution in [0.25, 0.3) is 0 Å². The fourth-order valence-electron chi connectivity index (χ4n) is 3.25. The molecular formula is C20H24ClNO3. The normalized spacial score (nSPS) is 21.2. The van der Waals surface area contributed by atoms with Gasteiger partial charge in [0, 0.05) is 13.1 Å². The van der Waals surface area contributed by atoms with E-state index in [0.29, 0.717) is 23.7 Å². The lowest BCUT2D eigenvalue weighted by molar-refractivity contribution is -0.0620. The second-order valence-corrected chi connectivity index (χ2v) is 7.33. The summed E-state index contributed by atoms with van der Waals surface area (Å²) in [6.45, 7) is 4.44. The Bertz CT molecular complexity index is 719. The minimum absolute atomic E-state index is 0.224. The average molecular weight is 362 g/mol. The zero-order valence-electron chi connectivity index (χ0n) is 14.4. The van der Waals surface area contributed by atoms with Crippen LogP contribution < -0.4 is 4.74 Å². The first-order valence-corrected chi connectivity index (χ1v) is 8.93. The van der Waals surface area contributed by atoms with Crippen molar-refractivity contribution in [3.8, 4) is 11.5 Å². The van der Waals surface area contributed by atoms with Gasteiger partial charge in [-0.25, -0.2) is 0 Å². The van der Waals surface area contributed by atoms with Crippen molar-refractivity contribution in [1.82, 2.24) is 4.90 Å². The number of piperidine rings is 1. The highest BCUT2D eigenvalue weighted by Gasteiger charge is 2.34. The maximum Gasteiger partial charge on any atom is 0.138 e. The van der Waals surface area contributed by atoms with Gasteiger partial charge in [-0.2, -0.15) is 0 Å². The summed E-state index contributed by atoms with van der Waals surface area (Å²) in [6.07, 6.45) is 1.63. The molecule has 4 nitrogen and oxygen atoms in total. The molecule has 0 aliphatic carbocycles. The Hall–Kier alpha value is -1.75. The molecular weight excluding hydrogens is 338 g/mol. The average Bonchev–Trinajstić information content (AvgIpc) is 2.58. The maximum atomic E-state index is 10.9. The topological polar surface area (TPSA) is 52.9 Å². The number of hydrogen-bond acceptors (Lipinski definition) is 4. The highest BCUT2D eigenvalue weighted by Crippen LogP contribution is 2.28. The molecule has 1 saturated heterocycles. The van der Waals surface area contributed by atoms with E-state index in [2.05, 4.69) is 4.90 Å². The van der Waals surface area contributed by atoms with E-state index < -0.39 is 5.60 Å². The Morgan fingerprint density at radius 1 is 1.20 bits per heavy atom. The molecule has 0 bridgehead atoms. The van der Waals surface area contributed by atoms with Gasteiger partial charge in [-0.05, 0) is 61.7 Å². The van der Waals surface area contributed by atoms with Crippen LogP contribution in [-0.2, 0) is 6.54 Å². The number of nitrogens with zero attached hydrogens (tertiary/aromatic N) is 1. The second-order valence-electron chi connectivity index (χ2n) is 6.93. The van der Waals surface area contributed by atoms with Crippen LogP contribution in [0.5, 0.6) is 11.5 Å². The van der Waals surface area contributed by atoms with Gasteiger partial charge in [0.05, 0.1) is 5.02 Å². The molecule has 0 radical (unpaired) electrons. The smallest absolute Gasteiger partial charge is 0.138 e. The lowest BCUT2D eigenvalue weighted by Gasteiger charge is -2.39. The quantitative estimate of drug-likeness (QED) is 0.851. The summed E-state index contributed by atoms with van der Waals surface area (Å²) in [4.78, 5) is 2.22. The van der Waals surface area contributed by atoms with Gasteiger partial charge >= 0.3 is 0 Å². The van der Waals surface area contributed by atoms with Crippen LogP contribution in [0.1, 0.15) is 24.0 Å². The van der Waals surface area contributed by atoms with E-state index in [1.165, 1.54) is 0 Å². The largest absolute Gasteiger partial charge is 0.508 e. The predicted molar refractivity (Wildman–Crippen MR) is 99.3 cm³/mol. The lowest BCUT2D eigenvalue weighted by Crippen LogP contribution is -2.51. The summed E-state index contributed by atoms with van der Waals surface area (Å²) in [5.74, 6) is 0.882. The zero-order chi connectivity index (χ0) is 17.9. The number of benzene rings is 2. The van der Waals surface area contributed by atoms with E-state index >= 15 is 0 Å². The fourth-order valence-corrected chi connectivity index (χ4v) is 3.42. The molecule has 3 rings (SSSR count). The van der Waals surface area contributed by atoms with Crippen LogP contribution in [0.15, 0.2) is 42.5 Å². The van der Waals surface area contributed by atoms with Crippen molar-refractivity contribution in [3.05, 3.63) is 58.6 Å². The number of halogens is 1. The molecule has 25 heavy (non-hydrogen) atoms. The molecule has 5 heteroatoms. The van der Waals surface area contributed by atoms with Gasteiger partial charge < -0.3 is 14.9 Å². The van der Waals surface area contributed by atoms with Crippen LogP contribution in [0.4, 0.5) is 0 Å². The number of phenols is 1. The van der Waals surface area contributed by atoms with Gasteiger partial charge in [0.2, 0.25) is 0 Å². The molecule has 1 aliphatic heterocycles. The molecule has 0 aromatic heterocycles. The number of aliphatic hydroxyl groups is 1. The van der Waals surface area contributed by atoms with Crippen molar-refractivity contribution < 1.29 is 14.9 Å². The summed E-state index contributed by atoms with van der Waals surface area (Å²) in [5, 5.41) is 20.9.